The molecule has 1 heterocycles. The van der Waals surface area contributed by atoms with Gasteiger partial charge in [0.2, 0.25) is 5.91 Å². The molecule has 2 aromatic rings. The molecule has 0 saturated carbocycles. The fourth-order valence-corrected chi connectivity index (χ4v) is 4.17. The van der Waals surface area contributed by atoms with Crippen molar-refractivity contribution in [1.82, 2.24) is 15.5 Å². The summed E-state index contributed by atoms with van der Waals surface area (Å²) in [4.78, 5) is 28.3. The summed E-state index contributed by atoms with van der Waals surface area (Å²) >= 11 is 0. The Balaban J connectivity index is 1.68. The van der Waals surface area contributed by atoms with Gasteiger partial charge in [-0.1, -0.05) is 26.0 Å². The van der Waals surface area contributed by atoms with Gasteiger partial charge in [-0.2, -0.15) is 0 Å². The highest BCUT2D eigenvalue weighted by Crippen LogP contribution is 2.27. The number of hydrogen-bond donors (Lipinski definition) is 2. The number of rotatable bonds is 10. The zero-order chi connectivity index (χ0) is 23.8. The predicted molar refractivity (Wildman–Crippen MR) is 129 cm³/mol. The van der Waals surface area contributed by atoms with Gasteiger partial charge in [0.1, 0.15) is 17.5 Å². The van der Waals surface area contributed by atoms with Crippen molar-refractivity contribution in [3.63, 3.8) is 0 Å². The van der Waals surface area contributed by atoms with Crippen LogP contribution in [0.1, 0.15) is 48.7 Å². The molecule has 0 aliphatic carbocycles. The number of methoxy groups -OCH3 is 2. The van der Waals surface area contributed by atoms with E-state index in [0.717, 1.165) is 37.2 Å². The Bertz CT molecular complexity index is 923. The van der Waals surface area contributed by atoms with E-state index < -0.39 is 6.04 Å². The maximum absolute atomic E-state index is 13.1. The molecular formula is C26H35N3O4. The second-order valence-electron chi connectivity index (χ2n) is 8.70. The molecule has 2 amide bonds. The maximum Gasteiger partial charge on any atom is 0.251 e. The molecule has 1 aliphatic heterocycles. The van der Waals surface area contributed by atoms with E-state index in [-0.39, 0.29) is 23.8 Å². The third-order valence-electron chi connectivity index (χ3n) is 6.12. The minimum absolute atomic E-state index is 0.0525. The van der Waals surface area contributed by atoms with E-state index in [1.165, 1.54) is 0 Å². The van der Waals surface area contributed by atoms with Gasteiger partial charge in [-0.25, -0.2) is 0 Å². The summed E-state index contributed by atoms with van der Waals surface area (Å²) in [6.07, 6.45) is 2.31. The molecule has 178 valence electrons. The van der Waals surface area contributed by atoms with Gasteiger partial charge in [0, 0.05) is 12.1 Å². The molecule has 2 N–H and O–H groups in total. The molecule has 0 unspecified atom stereocenters. The molecule has 0 radical (unpaired) electrons. The average molecular weight is 454 g/mol. The Kier molecular flexibility index (Phi) is 8.72. The third-order valence-corrected chi connectivity index (χ3v) is 6.12. The Labute approximate surface area is 196 Å². The van der Waals surface area contributed by atoms with Crippen molar-refractivity contribution in [1.29, 1.82) is 0 Å². The highest BCUT2D eigenvalue weighted by atomic mass is 16.5. The summed E-state index contributed by atoms with van der Waals surface area (Å²) in [6.45, 7) is 6.32. The first-order valence-corrected chi connectivity index (χ1v) is 11.5. The van der Waals surface area contributed by atoms with Gasteiger partial charge in [0.15, 0.2) is 0 Å². The van der Waals surface area contributed by atoms with Crippen LogP contribution in [0, 0.1) is 5.92 Å². The van der Waals surface area contributed by atoms with Crippen molar-refractivity contribution in [2.24, 2.45) is 5.92 Å². The lowest BCUT2D eigenvalue weighted by molar-refractivity contribution is -0.124. The van der Waals surface area contributed by atoms with Crippen molar-refractivity contribution < 1.29 is 19.1 Å². The Morgan fingerprint density at radius 1 is 0.970 bits per heavy atom. The summed E-state index contributed by atoms with van der Waals surface area (Å²) < 4.78 is 10.5. The van der Waals surface area contributed by atoms with Crippen LogP contribution in [-0.4, -0.2) is 56.6 Å². The Morgan fingerprint density at radius 2 is 1.64 bits per heavy atom. The maximum atomic E-state index is 13.1. The first-order valence-electron chi connectivity index (χ1n) is 11.5. The molecule has 1 aliphatic rings. The minimum Gasteiger partial charge on any atom is -0.497 e. The van der Waals surface area contributed by atoms with Crippen molar-refractivity contribution >= 4 is 11.8 Å². The number of benzene rings is 2. The lowest BCUT2D eigenvalue weighted by Crippen LogP contribution is -2.51. The number of amides is 2. The second kappa shape index (κ2) is 11.7. The van der Waals surface area contributed by atoms with Gasteiger partial charge >= 0.3 is 0 Å². The summed E-state index contributed by atoms with van der Waals surface area (Å²) in [7, 11) is 3.24. The molecule has 3 rings (SSSR count). The minimum atomic E-state index is -0.635. The van der Waals surface area contributed by atoms with Crippen molar-refractivity contribution in [3.8, 4) is 11.5 Å². The van der Waals surface area contributed by atoms with Gasteiger partial charge in [0.25, 0.3) is 5.91 Å². The predicted octanol–water partition coefficient (Wildman–Crippen LogP) is 3.41. The van der Waals surface area contributed by atoms with E-state index >= 15 is 0 Å². The average Bonchev–Trinajstić information content (AvgIpc) is 3.37. The van der Waals surface area contributed by atoms with Crippen LogP contribution in [0.5, 0.6) is 11.5 Å². The highest BCUT2D eigenvalue weighted by molar-refractivity contribution is 5.97. The molecule has 1 saturated heterocycles. The van der Waals surface area contributed by atoms with E-state index in [1.807, 2.05) is 32.0 Å². The number of nitrogens with one attached hydrogen (secondary N) is 2. The molecule has 2 aromatic carbocycles. The van der Waals surface area contributed by atoms with Crippen LogP contribution in [0.15, 0.2) is 48.5 Å². The summed E-state index contributed by atoms with van der Waals surface area (Å²) in [5, 5.41) is 5.99. The molecule has 7 heteroatoms. The topological polar surface area (TPSA) is 79.9 Å². The molecule has 33 heavy (non-hydrogen) atoms. The van der Waals surface area contributed by atoms with E-state index in [4.69, 9.17) is 9.47 Å². The highest BCUT2D eigenvalue weighted by Gasteiger charge is 2.28. The van der Waals surface area contributed by atoms with Gasteiger partial charge in [-0.05, 0) is 73.8 Å². The molecule has 1 fully saturated rings. The molecule has 2 atom stereocenters. The monoisotopic (exact) mass is 453 g/mol. The van der Waals surface area contributed by atoms with Gasteiger partial charge in [0.05, 0.1) is 20.3 Å². The first kappa shape index (κ1) is 24.6. The van der Waals surface area contributed by atoms with Crippen molar-refractivity contribution in [3.05, 3.63) is 59.7 Å². The molecular weight excluding hydrogens is 418 g/mol. The van der Waals surface area contributed by atoms with Crippen LogP contribution in [0.25, 0.3) is 0 Å². The van der Waals surface area contributed by atoms with Crippen LogP contribution in [-0.2, 0) is 4.79 Å². The molecule has 0 spiro atoms. The van der Waals surface area contributed by atoms with Crippen LogP contribution < -0.4 is 20.1 Å². The molecule has 0 bridgehead atoms. The third kappa shape index (κ3) is 6.48. The Morgan fingerprint density at radius 3 is 2.24 bits per heavy atom. The number of ether oxygens (including phenoxy) is 2. The van der Waals surface area contributed by atoms with Crippen molar-refractivity contribution in [2.75, 3.05) is 33.9 Å². The zero-order valence-electron chi connectivity index (χ0n) is 20.0. The molecule has 0 aromatic heterocycles. The summed E-state index contributed by atoms with van der Waals surface area (Å²) in [5.41, 5.74) is 1.60. The number of carbonyl (C=O) groups excluding carboxylic acids is 2. The lowest BCUT2D eigenvalue weighted by Gasteiger charge is -2.30. The van der Waals surface area contributed by atoms with Gasteiger partial charge < -0.3 is 20.1 Å². The fourth-order valence-electron chi connectivity index (χ4n) is 4.17. The van der Waals surface area contributed by atoms with Crippen LogP contribution in [0.4, 0.5) is 0 Å². The quantitative estimate of drug-likeness (QED) is 0.576. The first-order chi connectivity index (χ1) is 15.9. The van der Waals surface area contributed by atoms with E-state index in [2.05, 4.69) is 21.6 Å². The van der Waals surface area contributed by atoms with Gasteiger partial charge in [-0.3, -0.25) is 14.5 Å². The largest absolute Gasteiger partial charge is 0.497 e. The number of likely N-dealkylation sites (tertiary alicyclic amines) is 1. The van der Waals surface area contributed by atoms with Crippen LogP contribution >= 0.6 is 0 Å². The second-order valence-corrected chi connectivity index (χ2v) is 8.70. The van der Waals surface area contributed by atoms with Crippen molar-refractivity contribution in [2.45, 2.75) is 38.8 Å². The lowest BCUT2D eigenvalue weighted by atomic mass is 10.0. The summed E-state index contributed by atoms with van der Waals surface area (Å²) in [5.74, 6) is 0.952. The number of carbonyl (C=O) groups is 2. The van der Waals surface area contributed by atoms with E-state index in [0.29, 0.717) is 17.9 Å². The fraction of sp³-hybridized carbons (Fsp3) is 0.462. The molecule has 7 nitrogen and oxygen atoms in total. The normalized spacial score (nSPS) is 15.7. The van der Waals surface area contributed by atoms with Crippen LogP contribution in [0.2, 0.25) is 0 Å². The smallest absolute Gasteiger partial charge is 0.251 e. The van der Waals surface area contributed by atoms with Gasteiger partial charge in [-0.15, -0.1) is 0 Å². The summed E-state index contributed by atoms with van der Waals surface area (Å²) in [6, 6.07) is 14.3. The number of nitrogens with zero attached hydrogens (tertiary/aromatic N) is 1. The van der Waals surface area contributed by atoms with Crippen LogP contribution in [0.3, 0.4) is 0 Å². The Hall–Kier alpha value is -3.06. The SMILES string of the molecule is COc1ccc(C(=O)N[C@@H](C(=O)NC[C@@H](c2cccc(OC)c2)N2CCCC2)C(C)C)cc1. The zero-order valence-corrected chi connectivity index (χ0v) is 20.0. The van der Waals surface area contributed by atoms with E-state index in [9.17, 15) is 9.59 Å². The number of hydrogen-bond acceptors (Lipinski definition) is 5. The van der Waals surface area contributed by atoms with E-state index in [1.54, 1.807) is 38.5 Å². The standard InChI is InChI=1S/C26H35N3O4/c1-18(2)24(28-25(30)19-10-12-21(32-3)13-11-19)26(31)27-17-23(29-14-5-6-15-29)20-8-7-9-22(16-20)33-4/h7-13,16,18,23-24H,5-6,14-15,17H2,1-4H3,(H,27,31)(H,28,30)/t23-,24+/m0/s1.